The summed E-state index contributed by atoms with van der Waals surface area (Å²) >= 11 is 7.56. The fraction of sp³-hybridized carbons (Fsp3) is 0.308. The topological polar surface area (TPSA) is 43.6 Å². The fourth-order valence-electron chi connectivity index (χ4n) is 2.37. The lowest BCUT2D eigenvalue weighted by atomic mass is 10.1. The summed E-state index contributed by atoms with van der Waals surface area (Å²) in [6, 6.07) is 2.01. The monoisotopic (exact) mass is 292 g/mol. The number of halogens is 1. The van der Waals surface area contributed by atoms with Crippen LogP contribution in [0.4, 0.5) is 0 Å². The molecule has 3 rings (SSSR count). The average molecular weight is 293 g/mol. The summed E-state index contributed by atoms with van der Waals surface area (Å²) < 4.78 is 1.87. The molecule has 0 aromatic carbocycles. The Morgan fingerprint density at radius 2 is 2.11 bits per heavy atom. The molecule has 0 saturated carbocycles. The minimum atomic E-state index is 0.260. The Kier molecular flexibility index (Phi) is 3.03. The largest absolute Gasteiger partial charge is 0.225 e. The second kappa shape index (κ2) is 4.58. The quantitative estimate of drug-likeness (QED) is 0.676. The number of hydrogen-bond acceptors (Lipinski definition) is 4. The average Bonchev–Trinajstić information content (AvgIpc) is 2.93. The van der Waals surface area contributed by atoms with Crippen molar-refractivity contribution in [1.82, 2.24) is 19.7 Å². The first kappa shape index (κ1) is 12.6. The van der Waals surface area contributed by atoms with E-state index in [2.05, 4.69) is 28.9 Å². The Morgan fingerprint density at radius 3 is 2.79 bits per heavy atom. The highest BCUT2D eigenvalue weighted by molar-refractivity contribution is 7.16. The first-order chi connectivity index (χ1) is 9.11. The summed E-state index contributed by atoms with van der Waals surface area (Å²) in [4.78, 5) is 9.48. The van der Waals surface area contributed by atoms with Crippen LogP contribution < -0.4 is 0 Å². The van der Waals surface area contributed by atoms with Gasteiger partial charge < -0.3 is 0 Å². The van der Waals surface area contributed by atoms with E-state index in [0.29, 0.717) is 0 Å². The molecule has 0 fully saturated rings. The molecule has 3 aromatic heterocycles. The Bertz CT molecular complexity index is 759. The van der Waals surface area contributed by atoms with E-state index in [-0.39, 0.29) is 5.28 Å². The molecule has 0 spiro atoms. The molecule has 0 aliphatic rings. The van der Waals surface area contributed by atoms with Crippen molar-refractivity contribution in [3.63, 3.8) is 0 Å². The van der Waals surface area contributed by atoms with Crippen LogP contribution in [0.1, 0.15) is 23.9 Å². The van der Waals surface area contributed by atoms with Crippen LogP contribution in [-0.2, 0) is 6.42 Å². The third-order valence-electron chi connectivity index (χ3n) is 3.27. The third-order valence-corrected chi connectivity index (χ3v) is 4.25. The number of thiophene rings is 1. The highest BCUT2D eigenvalue weighted by Gasteiger charge is 2.16. The van der Waals surface area contributed by atoms with Crippen molar-refractivity contribution >= 4 is 33.2 Å². The normalized spacial score (nSPS) is 11.4. The van der Waals surface area contributed by atoms with E-state index in [4.69, 9.17) is 11.6 Å². The molecule has 0 aliphatic heterocycles. The molecule has 3 heterocycles. The second-order valence-corrected chi connectivity index (χ2v) is 5.60. The first-order valence-electron chi connectivity index (χ1n) is 6.08. The molecule has 0 saturated heterocycles. The van der Waals surface area contributed by atoms with Crippen molar-refractivity contribution in [2.24, 2.45) is 0 Å². The van der Waals surface area contributed by atoms with E-state index in [1.165, 1.54) is 5.56 Å². The van der Waals surface area contributed by atoms with Gasteiger partial charge in [0.15, 0.2) is 5.82 Å². The molecule has 0 radical (unpaired) electrons. The smallest absolute Gasteiger partial charge is 0.218 e. The molecule has 0 aliphatic carbocycles. The molecule has 4 nitrogen and oxygen atoms in total. The van der Waals surface area contributed by atoms with Gasteiger partial charge in [-0.25, -0.2) is 9.67 Å². The highest BCUT2D eigenvalue weighted by atomic mass is 35.5. The van der Waals surface area contributed by atoms with Gasteiger partial charge in [0.25, 0.3) is 0 Å². The number of fused-ring (bicyclic) bond motifs is 1. The number of hydrogen-bond donors (Lipinski definition) is 0. The second-order valence-electron chi connectivity index (χ2n) is 4.37. The van der Waals surface area contributed by atoms with E-state index in [0.717, 1.165) is 33.8 Å². The highest BCUT2D eigenvalue weighted by Crippen LogP contribution is 2.27. The summed E-state index contributed by atoms with van der Waals surface area (Å²) in [7, 11) is 0. The van der Waals surface area contributed by atoms with E-state index in [9.17, 15) is 0 Å². The predicted molar refractivity (Wildman–Crippen MR) is 78.4 cm³/mol. The number of nitrogens with zero attached hydrogens (tertiary/aromatic N) is 4. The molecule has 0 atom stereocenters. The van der Waals surface area contributed by atoms with Gasteiger partial charge in [-0.2, -0.15) is 10.1 Å². The predicted octanol–water partition coefficient (Wildman–Crippen LogP) is 3.71. The molecule has 19 heavy (non-hydrogen) atoms. The third kappa shape index (κ3) is 1.93. The Hall–Kier alpha value is -1.46. The van der Waals surface area contributed by atoms with Crippen molar-refractivity contribution in [2.75, 3.05) is 0 Å². The lowest BCUT2D eigenvalue weighted by molar-refractivity contribution is 0.810. The standard InChI is InChI=1S/C13H13ClN4S/c1-4-9-7(2)17-18(8(9)3)11-10-5-6-19-12(10)16-13(14)15-11/h5-6H,4H2,1-3H3. The summed E-state index contributed by atoms with van der Waals surface area (Å²) in [5.41, 5.74) is 3.42. The first-order valence-corrected chi connectivity index (χ1v) is 7.33. The van der Waals surface area contributed by atoms with Gasteiger partial charge >= 0.3 is 0 Å². The summed E-state index contributed by atoms with van der Waals surface area (Å²) in [5.74, 6) is 0.761. The molecular weight excluding hydrogens is 280 g/mol. The molecule has 0 bridgehead atoms. The molecule has 98 valence electrons. The molecule has 0 unspecified atom stereocenters. The van der Waals surface area contributed by atoms with Gasteiger partial charge in [-0.15, -0.1) is 11.3 Å². The van der Waals surface area contributed by atoms with Gasteiger partial charge in [-0.05, 0) is 48.9 Å². The van der Waals surface area contributed by atoms with Crippen molar-refractivity contribution in [1.29, 1.82) is 0 Å². The number of rotatable bonds is 2. The van der Waals surface area contributed by atoms with Crippen LogP contribution in [0.2, 0.25) is 5.28 Å². The fourth-order valence-corrected chi connectivity index (χ4v) is 3.34. The van der Waals surface area contributed by atoms with Gasteiger partial charge in [0, 0.05) is 5.69 Å². The van der Waals surface area contributed by atoms with E-state index in [1.54, 1.807) is 11.3 Å². The maximum absolute atomic E-state index is 6.01. The lowest BCUT2D eigenvalue weighted by Gasteiger charge is -2.05. The summed E-state index contributed by atoms with van der Waals surface area (Å²) in [5, 5.41) is 7.83. The van der Waals surface area contributed by atoms with Gasteiger partial charge in [0.1, 0.15) is 4.83 Å². The molecule has 0 N–H and O–H groups in total. The van der Waals surface area contributed by atoms with Gasteiger partial charge in [0.05, 0.1) is 11.1 Å². The minimum absolute atomic E-state index is 0.260. The van der Waals surface area contributed by atoms with Crippen LogP contribution in [0.15, 0.2) is 11.4 Å². The molecule has 6 heteroatoms. The van der Waals surface area contributed by atoms with Crippen molar-refractivity contribution in [2.45, 2.75) is 27.2 Å². The van der Waals surface area contributed by atoms with Gasteiger partial charge in [0.2, 0.25) is 5.28 Å². The van der Waals surface area contributed by atoms with Crippen LogP contribution in [0, 0.1) is 13.8 Å². The molecular formula is C13H13ClN4S. The van der Waals surface area contributed by atoms with Gasteiger partial charge in [-0.3, -0.25) is 0 Å². The van der Waals surface area contributed by atoms with E-state index >= 15 is 0 Å². The zero-order valence-corrected chi connectivity index (χ0v) is 12.5. The maximum atomic E-state index is 6.01. The Morgan fingerprint density at radius 1 is 1.32 bits per heavy atom. The minimum Gasteiger partial charge on any atom is -0.218 e. The summed E-state index contributed by atoms with van der Waals surface area (Å²) in [6.45, 7) is 6.22. The Balaban J connectivity index is 2.33. The maximum Gasteiger partial charge on any atom is 0.225 e. The van der Waals surface area contributed by atoms with E-state index < -0.39 is 0 Å². The van der Waals surface area contributed by atoms with Crippen LogP contribution in [0.25, 0.3) is 16.0 Å². The Labute approximate surface area is 120 Å². The van der Waals surface area contributed by atoms with Crippen molar-refractivity contribution in [3.8, 4) is 5.82 Å². The molecule has 0 amide bonds. The SMILES string of the molecule is CCc1c(C)nn(-c2nc(Cl)nc3sccc23)c1C. The van der Waals surface area contributed by atoms with Crippen molar-refractivity contribution in [3.05, 3.63) is 33.7 Å². The number of aryl methyl sites for hydroxylation is 1. The molecule has 3 aromatic rings. The van der Waals surface area contributed by atoms with Crippen molar-refractivity contribution < 1.29 is 0 Å². The van der Waals surface area contributed by atoms with Gasteiger partial charge in [-0.1, -0.05) is 6.92 Å². The van der Waals surface area contributed by atoms with Crippen LogP contribution in [0.5, 0.6) is 0 Å². The van der Waals surface area contributed by atoms with Crippen LogP contribution >= 0.6 is 22.9 Å². The lowest BCUT2D eigenvalue weighted by Crippen LogP contribution is -2.04. The van der Waals surface area contributed by atoms with E-state index in [1.807, 2.05) is 23.1 Å². The zero-order valence-electron chi connectivity index (χ0n) is 10.9. The van der Waals surface area contributed by atoms with Crippen LogP contribution in [-0.4, -0.2) is 19.7 Å². The number of aromatic nitrogens is 4. The summed E-state index contributed by atoms with van der Waals surface area (Å²) in [6.07, 6.45) is 0.962. The van der Waals surface area contributed by atoms with Crippen LogP contribution in [0.3, 0.4) is 0 Å². The zero-order chi connectivity index (χ0) is 13.6.